The standard InChI is InChI=1S/C14H25ClN2S/c1-11(2)10-17(12(3)4)8-7-16-9-13-5-6-14(15)18-13/h5-6,11-12,16H,7-10H2,1-4H3. The minimum absolute atomic E-state index is 0.616. The highest BCUT2D eigenvalue weighted by Crippen LogP contribution is 2.20. The minimum atomic E-state index is 0.616. The van der Waals surface area contributed by atoms with Crippen molar-refractivity contribution in [2.45, 2.75) is 40.3 Å². The number of thiophene rings is 1. The van der Waals surface area contributed by atoms with Crippen LogP contribution >= 0.6 is 22.9 Å². The maximum atomic E-state index is 5.91. The summed E-state index contributed by atoms with van der Waals surface area (Å²) in [6.45, 7) is 13.3. The van der Waals surface area contributed by atoms with Crippen molar-refractivity contribution in [3.8, 4) is 0 Å². The highest BCUT2D eigenvalue weighted by molar-refractivity contribution is 7.16. The van der Waals surface area contributed by atoms with E-state index in [4.69, 9.17) is 11.6 Å². The third-order valence-corrected chi connectivity index (χ3v) is 4.06. The first-order chi connectivity index (χ1) is 8.49. The van der Waals surface area contributed by atoms with Crippen molar-refractivity contribution in [1.82, 2.24) is 10.2 Å². The minimum Gasteiger partial charge on any atom is -0.311 e. The molecule has 1 rings (SSSR count). The van der Waals surface area contributed by atoms with Crippen molar-refractivity contribution in [1.29, 1.82) is 0 Å². The van der Waals surface area contributed by atoms with Crippen LogP contribution in [0.4, 0.5) is 0 Å². The van der Waals surface area contributed by atoms with E-state index >= 15 is 0 Å². The molecule has 0 spiro atoms. The van der Waals surface area contributed by atoms with Gasteiger partial charge in [0, 0.05) is 37.1 Å². The second kappa shape index (κ2) is 8.16. The molecule has 1 N–H and O–H groups in total. The number of hydrogen-bond donors (Lipinski definition) is 1. The van der Waals surface area contributed by atoms with Crippen LogP contribution in [0.2, 0.25) is 4.34 Å². The van der Waals surface area contributed by atoms with E-state index in [9.17, 15) is 0 Å². The van der Waals surface area contributed by atoms with E-state index in [0.717, 1.165) is 29.9 Å². The van der Waals surface area contributed by atoms with E-state index in [2.05, 4.69) is 44.0 Å². The molecule has 0 radical (unpaired) electrons. The Morgan fingerprint density at radius 2 is 2.00 bits per heavy atom. The van der Waals surface area contributed by atoms with E-state index in [0.29, 0.717) is 6.04 Å². The summed E-state index contributed by atoms with van der Waals surface area (Å²) in [5, 5.41) is 3.48. The van der Waals surface area contributed by atoms with Crippen molar-refractivity contribution in [3.05, 3.63) is 21.3 Å². The van der Waals surface area contributed by atoms with Gasteiger partial charge >= 0.3 is 0 Å². The molecule has 1 heterocycles. The van der Waals surface area contributed by atoms with Crippen LogP contribution < -0.4 is 5.32 Å². The summed E-state index contributed by atoms with van der Waals surface area (Å²) in [4.78, 5) is 3.83. The average Bonchev–Trinajstić information content (AvgIpc) is 2.68. The van der Waals surface area contributed by atoms with Gasteiger partial charge < -0.3 is 5.32 Å². The zero-order chi connectivity index (χ0) is 13.5. The summed E-state index contributed by atoms with van der Waals surface area (Å²) in [6.07, 6.45) is 0. The second-order valence-corrected chi connectivity index (χ2v) is 7.16. The lowest BCUT2D eigenvalue weighted by Crippen LogP contribution is -2.39. The van der Waals surface area contributed by atoms with Crippen LogP contribution in [0, 0.1) is 5.92 Å². The molecule has 0 fully saturated rings. The zero-order valence-corrected chi connectivity index (χ0v) is 13.4. The molecule has 0 unspecified atom stereocenters. The molecule has 0 aliphatic heterocycles. The Hall–Kier alpha value is -0.0900. The molecule has 1 aromatic heterocycles. The van der Waals surface area contributed by atoms with E-state index in [1.54, 1.807) is 11.3 Å². The highest BCUT2D eigenvalue weighted by atomic mass is 35.5. The third kappa shape index (κ3) is 6.19. The van der Waals surface area contributed by atoms with Crippen molar-refractivity contribution in [2.75, 3.05) is 19.6 Å². The largest absolute Gasteiger partial charge is 0.311 e. The highest BCUT2D eigenvalue weighted by Gasteiger charge is 2.10. The van der Waals surface area contributed by atoms with Crippen LogP contribution in [0.5, 0.6) is 0 Å². The molecule has 0 amide bonds. The van der Waals surface area contributed by atoms with Crippen LogP contribution in [-0.2, 0) is 6.54 Å². The Morgan fingerprint density at radius 1 is 1.28 bits per heavy atom. The monoisotopic (exact) mass is 288 g/mol. The molecule has 4 heteroatoms. The topological polar surface area (TPSA) is 15.3 Å². The molecule has 0 bridgehead atoms. The van der Waals surface area contributed by atoms with Gasteiger partial charge in [-0.15, -0.1) is 11.3 Å². The first-order valence-corrected chi connectivity index (χ1v) is 7.87. The Morgan fingerprint density at radius 3 is 2.50 bits per heavy atom. The maximum absolute atomic E-state index is 5.91. The second-order valence-electron chi connectivity index (χ2n) is 5.37. The van der Waals surface area contributed by atoms with Crippen molar-refractivity contribution < 1.29 is 0 Å². The molecule has 104 valence electrons. The van der Waals surface area contributed by atoms with E-state index in [1.165, 1.54) is 11.4 Å². The van der Waals surface area contributed by atoms with Gasteiger partial charge in [0.15, 0.2) is 0 Å². The van der Waals surface area contributed by atoms with E-state index in [-0.39, 0.29) is 0 Å². The number of nitrogens with zero attached hydrogens (tertiary/aromatic N) is 1. The predicted molar refractivity (Wildman–Crippen MR) is 82.6 cm³/mol. The molecule has 0 aliphatic rings. The van der Waals surface area contributed by atoms with Gasteiger partial charge in [-0.3, -0.25) is 4.90 Å². The third-order valence-electron chi connectivity index (χ3n) is 2.83. The van der Waals surface area contributed by atoms with E-state index in [1.807, 2.05) is 6.07 Å². The number of hydrogen-bond acceptors (Lipinski definition) is 3. The zero-order valence-electron chi connectivity index (χ0n) is 11.9. The first kappa shape index (κ1) is 16.0. The molecule has 18 heavy (non-hydrogen) atoms. The lowest BCUT2D eigenvalue weighted by Gasteiger charge is -2.28. The van der Waals surface area contributed by atoms with Gasteiger partial charge in [-0.25, -0.2) is 0 Å². The lowest BCUT2D eigenvalue weighted by atomic mass is 10.2. The predicted octanol–water partition coefficient (Wildman–Crippen LogP) is 3.86. The Bertz CT molecular complexity index is 336. The normalized spacial score (nSPS) is 12.0. The number of halogens is 1. The average molecular weight is 289 g/mol. The van der Waals surface area contributed by atoms with Crippen molar-refractivity contribution in [3.63, 3.8) is 0 Å². The summed E-state index contributed by atoms with van der Waals surface area (Å²) >= 11 is 7.56. The summed E-state index contributed by atoms with van der Waals surface area (Å²) in [5.74, 6) is 0.725. The first-order valence-electron chi connectivity index (χ1n) is 6.68. The molecule has 0 saturated heterocycles. The fourth-order valence-corrected chi connectivity index (χ4v) is 2.97. The van der Waals surface area contributed by atoms with Crippen LogP contribution in [0.1, 0.15) is 32.6 Å². The molecule has 1 aromatic rings. The molecular weight excluding hydrogens is 264 g/mol. The van der Waals surface area contributed by atoms with Gasteiger partial charge in [-0.2, -0.15) is 0 Å². The fourth-order valence-electron chi connectivity index (χ4n) is 1.91. The van der Waals surface area contributed by atoms with Gasteiger partial charge in [-0.1, -0.05) is 25.4 Å². The summed E-state index contributed by atoms with van der Waals surface area (Å²) in [6, 6.07) is 4.67. The van der Waals surface area contributed by atoms with Crippen LogP contribution in [0.25, 0.3) is 0 Å². The smallest absolute Gasteiger partial charge is 0.0931 e. The van der Waals surface area contributed by atoms with Crippen LogP contribution in [-0.4, -0.2) is 30.6 Å². The summed E-state index contributed by atoms with van der Waals surface area (Å²) in [7, 11) is 0. The Balaban J connectivity index is 2.22. The quantitative estimate of drug-likeness (QED) is 0.731. The maximum Gasteiger partial charge on any atom is 0.0931 e. The fraction of sp³-hybridized carbons (Fsp3) is 0.714. The molecule has 0 aliphatic carbocycles. The van der Waals surface area contributed by atoms with Crippen LogP contribution in [0.3, 0.4) is 0 Å². The van der Waals surface area contributed by atoms with Gasteiger partial charge in [0.05, 0.1) is 4.34 Å². The van der Waals surface area contributed by atoms with E-state index < -0.39 is 0 Å². The SMILES string of the molecule is CC(C)CN(CCNCc1ccc(Cl)s1)C(C)C. The molecule has 2 nitrogen and oxygen atoms in total. The van der Waals surface area contributed by atoms with Crippen LogP contribution in [0.15, 0.2) is 12.1 Å². The number of nitrogens with one attached hydrogen (secondary N) is 1. The van der Waals surface area contributed by atoms with Crippen molar-refractivity contribution in [2.24, 2.45) is 5.92 Å². The summed E-state index contributed by atoms with van der Waals surface area (Å²) in [5.41, 5.74) is 0. The molecule has 0 saturated carbocycles. The lowest BCUT2D eigenvalue weighted by molar-refractivity contribution is 0.198. The van der Waals surface area contributed by atoms with Gasteiger partial charge in [-0.05, 0) is 31.9 Å². The summed E-state index contributed by atoms with van der Waals surface area (Å²) < 4.78 is 0.871. The Labute approximate surface area is 120 Å². The van der Waals surface area contributed by atoms with Gasteiger partial charge in [0.25, 0.3) is 0 Å². The Kier molecular flexibility index (Phi) is 7.23. The molecule has 0 atom stereocenters. The van der Waals surface area contributed by atoms with Gasteiger partial charge in [0.2, 0.25) is 0 Å². The molecule has 0 aromatic carbocycles. The molecular formula is C14H25ClN2S. The van der Waals surface area contributed by atoms with Gasteiger partial charge in [0.1, 0.15) is 0 Å². The number of rotatable bonds is 8. The van der Waals surface area contributed by atoms with Crippen molar-refractivity contribution >= 4 is 22.9 Å².